The second kappa shape index (κ2) is 9.93. The van der Waals surface area contributed by atoms with Crippen LogP contribution in [0, 0.1) is 0 Å². The molecular formula is C23H25N3O3S. The van der Waals surface area contributed by atoms with Crippen LogP contribution in [0.15, 0.2) is 70.6 Å². The minimum atomic E-state index is 0.511. The molecule has 30 heavy (non-hydrogen) atoms. The zero-order chi connectivity index (χ0) is 21.5. The fourth-order valence-electron chi connectivity index (χ4n) is 2.88. The Bertz CT molecular complexity index is 1110. The van der Waals surface area contributed by atoms with Gasteiger partial charge in [-0.1, -0.05) is 6.08 Å². The van der Waals surface area contributed by atoms with Crippen molar-refractivity contribution in [2.24, 2.45) is 10.1 Å². The van der Waals surface area contributed by atoms with Gasteiger partial charge in [-0.2, -0.15) is 5.10 Å². The molecule has 2 aromatic carbocycles. The number of benzene rings is 2. The highest BCUT2D eigenvalue weighted by atomic mass is 32.1. The van der Waals surface area contributed by atoms with Gasteiger partial charge in [-0.3, -0.25) is 4.99 Å². The van der Waals surface area contributed by atoms with E-state index < -0.39 is 0 Å². The second-order valence-electron chi connectivity index (χ2n) is 6.32. The van der Waals surface area contributed by atoms with E-state index in [1.807, 2.05) is 59.4 Å². The average molecular weight is 424 g/mol. The molecule has 0 saturated carbocycles. The quantitative estimate of drug-likeness (QED) is 0.393. The fraction of sp³-hybridized carbons (Fsp3) is 0.217. The zero-order valence-corrected chi connectivity index (χ0v) is 18.4. The molecule has 0 bridgehead atoms. The van der Waals surface area contributed by atoms with E-state index in [2.05, 4.69) is 11.6 Å². The molecule has 0 amide bonds. The first-order chi connectivity index (χ1) is 14.6. The lowest BCUT2D eigenvalue weighted by atomic mass is 10.1. The molecule has 7 heteroatoms. The maximum atomic E-state index is 5.60. The molecule has 6 nitrogen and oxygen atoms in total. The van der Waals surface area contributed by atoms with Crippen LogP contribution in [-0.4, -0.2) is 38.3 Å². The number of hydrogen-bond acceptors (Lipinski definition) is 6. The van der Waals surface area contributed by atoms with Gasteiger partial charge in [0, 0.05) is 17.0 Å². The molecule has 0 fully saturated rings. The normalized spacial score (nSPS) is 12.0. The Morgan fingerprint density at radius 2 is 1.73 bits per heavy atom. The summed E-state index contributed by atoms with van der Waals surface area (Å²) in [4.78, 5) is 5.38. The molecule has 0 aliphatic heterocycles. The van der Waals surface area contributed by atoms with Crippen LogP contribution >= 0.6 is 11.3 Å². The van der Waals surface area contributed by atoms with Gasteiger partial charge in [0.05, 0.1) is 39.3 Å². The lowest BCUT2D eigenvalue weighted by molar-refractivity contribution is 0.395. The summed E-state index contributed by atoms with van der Waals surface area (Å²) in [5.74, 6) is 2.24. The molecule has 156 valence electrons. The molecule has 0 N–H and O–H groups in total. The van der Waals surface area contributed by atoms with Crippen LogP contribution in [0.3, 0.4) is 0 Å². The third-order valence-electron chi connectivity index (χ3n) is 4.48. The van der Waals surface area contributed by atoms with Crippen molar-refractivity contribution in [2.45, 2.75) is 6.92 Å². The Kier molecular flexibility index (Phi) is 7.08. The topological polar surface area (TPSA) is 57.3 Å². The lowest BCUT2D eigenvalue weighted by Gasteiger charge is -2.11. The van der Waals surface area contributed by atoms with E-state index >= 15 is 0 Å². The summed E-state index contributed by atoms with van der Waals surface area (Å²) in [6.45, 7) is 6.24. The Morgan fingerprint density at radius 3 is 2.37 bits per heavy atom. The maximum absolute atomic E-state index is 5.60. The molecule has 0 unspecified atom stereocenters. The summed E-state index contributed by atoms with van der Waals surface area (Å²) < 4.78 is 18.0. The van der Waals surface area contributed by atoms with Gasteiger partial charge in [0.1, 0.15) is 17.2 Å². The Balaban J connectivity index is 2.15. The summed E-state index contributed by atoms with van der Waals surface area (Å²) in [6.07, 6.45) is 1.76. The molecule has 0 aliphatic carbocycles. The summed E-state index contributed by atoms with van der Waals surface area (Å²) in [6, 6.07) is 13.5. The van der Waals surface area contributed by atoms with Crippen molar-refractivity contribution in [3.8, 4) is 28.5 Å². The van der Waals surface area contributed by atoms with E-state index in [4.69, 9.17) is 19.3 Å². The van der Waals surface area contributed by atoms with E-state index in [0.717, 1.165) is 38.8 Å². The Labute approximate surface area is 180 Å². The number of thiazole rings is 1. The van der Waals surface area contributed by atoms with Gasteiger partial charge in [0.2, 0.25) is 4.80 Å². The first-order valence-electron chi connectivity index (χ1n) is 9.35. The SMILES string of the molecule is C=CCN=c1scc(-c2ccc(OC)cc2OC)n1N=C(C)c1ccc(OC)cc1. The van der Waals surface area contributed by atoms with Crippen LogP contribution in [0.5, 0.6) is 17.2 Å². The molecule has 3 aromatic rings. The van der Waals surface area contributed by atoms with Gasteiger partial charge >= 0.3 is 0 Å². The number of methoxy groups -OCH3 is 3. The van der Waals surface area contributed by atoms with E-state index in [1.54, 1.807) is 27.4 Å². The lowest BCUT2D eigenvalue weighted by Crippen LogP contribution is -2.14. The predicted octanol–water partition coefficient (Wildman–Crippen LogP) is 4.60. The van der Waals surface area contributed by atoms with Crippen LogP contribution in [0.4, 0.5) is 0 Å². The van der Waals surface area contributed by atoms with E-state index in [0.29, 0.717) is 12.3 Å². The first kappa shape index (κ1) is 21.4. The van der Waals surface area contributed by atoms with Gasteiger partial charge in [-0.25, -0.2) is 4.68 Å². The third kappa shape index (κ3) is 4.63. The van der Waals surface area contributed by atoms with Crippen molar-refractivity contribution in [3.63, 3.8) is 0 Å². The van der Waals surface area contributed by atoms with Crippen molar-refractivity contribution in [2.75, 3.05) is 27.9 Å². The molecule has 1 heterocycles. The number of hydrogen-bond donors (Lipinski definition) is 0. The average Bonchev–Trinajstić information content (AvgIpc) is 3.19. The molecular weight excluding hydrogens is 398 g/mol. The molecule has 0 radical (unpaired) electrons. The van der Waals surface area contributed by atoms with Crippen LogP contribution < -0.4 is 19.0 Å². The van der Waals surface area contributed by atoms with Gasteiger partial charge in [-0.05, 0) is 48.9 Å². The molecule has 3 rings (SSSR count). The minimum Gasteiger partial charge on any atom is -0.497 e. The smallest absolute Gasteiger partial charge is 0.206 e. The van der Waals surface area contributed by atoms with Crippen LogP contribution in [0.25, 0.3) is 11.3 Å². The zero-order valence-electron chi connectivity index (χ0n) is 17.6. The fourth-order valence-corrected chi connectivity index (χ4v) is 3.71. The van der Waals surface area contributed by atoms with E-state index in [1.165, 1.54) is 11.3 Å². The minimum absolute atomic E-state index is 0.511. The molecule has 1 aromatic heterocycles. The third-order valence-corrected chi connectivity index (χ3v) is 5.34. The molecule has 0 aliphatic rings. The number of ether oxygens (including phenoxy) is 3. The first-order valence-corrected chi connectivity index (χ1v) is 10.2. The molecule has 0 atom stereocenters. The van der Waals surface area contributed by atoms with Crippen LogP contribution in [-0.2, 0) is 0 Å². The van der Waals surface area contributed by atoms with Crippen molar-refractivity contribution in [1.29, 1.82) is 0 Å². The van der Waals surface area contributed by atoms with Crippen molar-refractivity contribution < 1.29 is 14.2 Å². The van der Waals surface area contributed by atoms with Crippen molar-refractivity contribution in [1.82, 2.24) is 4.68 Å². The molecule has 0 spiro atoms. The number of rotatable bonds is 8. The number of aromatic nitrogens is 1. The summed E-state index contributed by atoms with van der Waals surface area (Å²) in [5, 5.41) is 6.90. The highest BCUT2D eigenvalue weighted by Crippen LogP contribution is 2.33. The van der Waals surface area contributed by atoms with Gasteiger partial charge < -0.3 is 14.2 Å². The van der Waals surface area contributed by atoms with Gasteiger partial charge in [0.15, 0.2) is 0 Å². The summed E-state index contributed by atoms with van der Waals surface area (Å²) in [7, 11) is 4.93. The largest absolute Gasteiger partial charge is 0.497 e. The van der Waals surface area contributed by atoms with E-state index in [9.17, 15) is 0 Å². The Hall–Kier alpha value is -3.32. The Morgan fingerprint density at radius 1 is 1.03 bits per heavy atom. The standard InChI is InChI=1S/C23H25N3O3S/c1-6-13-24-23-26(25-16(2)17-7-9-18(27-3)10-8-17)21(15-30-23)20-12-11-19(28-4)14-22(20)29-5/h6-12,14-15H,1,13H2,2-5H3. The van der Waals surface area contributed by atoms with Gasteiger partial charge in [0.25, 0.3) is 0 Å². The van der Waals surface area contributed by atoms with E-state index in [-0.39, 0.29) is 0 Å². The molecule has 0 saturated heterocycles. The maximum Gasteiger partial charge on any atom is 0.206 e. The van der Waals surface area contributed by atoms with Crippen molar-refractivity contribution in [3.05, 3.63) is 70.9 Å². The highest BCUT2D eigenvalue weighted by molar-refractivity contribution is 7.07. The summed E-state index contributed by atoms with van der Waals surface area (Å²) in [5.41, 5.74) is 3.64. The van der Waals surface area contributed by atoms with Crippen LogP contribution in [0.2, 0.25) is 0 Å². The predicted molar refractivity (Wildman–Crippen MR) is 122 cm³/mol. The highest BCUT2D eigenvalue weighted by Gasteiger charge is 2.14. The van der Waals surface area contributed by atoms with Crippen molar-refractivity contribution >= 4 is 17.0 Å². The van der Waals surface area contributed by atoms with Crippen LogP contribution in [0.1, 0.15) is 12.5 Å². The van der Waals surface area contributed by atoms with Gasteiger partial charge in [-0.15, -0.1) is 17.9 Å². The summed E-state index contributed by atoms with van der Waals surface area (Å²) >= 11 is 1.52. The second-order valence-corrected chi connectivity index (χ2v) is 7.16. The number of nitrogens with zero attached hydrogens (tertiary/aromatic N) is 3. The monoisotopic (exact) mass is 423 g/mol.